The molecule has 1 unspecified atom stereocenters. The SMILES string of the molecule is NC(=O)C(=NNC(=O)C[n+]1ccccc1)C1NC(=O)NC1=O. The monoisotopic (exact) mass is 305 g/mol. The summed E-state index contributed by atoms with van der Waals surface area (Å²) in [6.45, 7) is -0.0421. The second-order valence-corrected chi connectivity index (χ2v) is 4.34. The fraction of sp³-hybridized carbons (Fsp3) is 0.167. The molecule has 0 bridgehead atoms. The zero-order valence-corrected chi connectivity index (χ0v) is 11.3. The fourth-order valence-electron chi connectivity index (χ4n) is 1.73. The highest BCUT2D eigenvalue weighted by Gasteiger charge is 2.36. The van der Waals surface area contributed by atoms with Crippen LogP contribution in [0.15, 0.2) is 35.7 Å². The van der Waals surface area contributed by atoms with Gasteiger partial charge in [-0.3, -0.25) is 19.7 Å². The Morgan fingerprint density at radius 1 is 1.27 bits per heavy atom. The maximum absolute atomic E-state index is 11.7. The van der Waals surface area contributed by atoms with E-state index >= 15 is 0 Å². The minimum absolute atomic E-state index is 0.0421. The molecule has 1 fully saturated rings. The molecule has 10 heteroatoms. The molecule has 22 heavy (non-hydrogen) atoms. The number of aromatic nitrogens is 1. The van der Waals surface area contributed by atoms with Crippen LogP contribution in [0, 0.1) is 0 Å². The first-order valence-electron chi connectivity index (χ1n) is 6.19. The molecule has 2 heterocycles. The van der Waals surface area contributed by atoms with Gasteiger partial charge in [0.25, 0.3) is 11.8 Å². The van der Waals surface area contributed by atoms with Gasteiger partial charge in [0.05, 0.1) is 0 Å². The molecular weight excluding hydrogens is 292 g/mol. The smallest absolute Gasteiger partial charge is 0.322 e. The highest BCUT2D eigenvalue weighted by atomic mass is 16.2. The number of hydrogen-bond acceptors (Lipinski definition) is 5. The van der Waals surface area contributed by atoms with Gasteiger partial charge >= 0.3 is 11.9 Å². The number of nitrogens with two attached hydrogens (primary N) is 1. The van der Waals surface area contributed by atoms with E-state index in [2.05, 4.69) is 15.8 Å². The molecule has 10 nitrogen and oxygen atoms in total. The third kappa shape index (κ3) is 3.62. The molecule has 1 aliphatic rings. The van der Waals surface area contributed by atoms with E-state index in [0.29, 0.717) is 0 Å². The third-order valence-corrected chi connectivity index (χ3v) is 2.70. The second kappa shape index (κ2) is 6.43. The van der Waals surface area contributed by atoms with Gasteiger partial charge in [0.2, 0.25) is 6.54 Å². The van der Waals surface area contributed by atoms with Crippen LogP contribution >= 0.6 is 0 Å². The first-order chi connectivity index (χ1) is 10.5. The minimum atomic E-state index is -1.32. The average Bonchev–Trinajstić information content (AvgIpc) is 2.78. The van der Waals surface area contributed by atoms with E-state index < -0.39 is 35.5 Å². The molecule has 0 spiro atoms. The summed E-state index contributed by atoms with van der Waals surface area (Å²) in [5.41, 5.74) is 6.76. The summed E-state index contributed by atoms with van der Waals surface area (Å²) in [6.07, 6.45) is 3.34. The summed E-state index contributed by atoms with van der Waals surface area (Å²) in [4.78, 5) is 45.5. The number of pyridine rings is 1. The number of hydrogen-bond donors (Lipinski definition) is 4. The van der Waals surface area contributed by atoms with E-state index in [0.717, 1.165) is 0 Å². The van der Waals surface area contributed by atoms with Gasteiger partial charge in [0, 0.05) is 12.1 Å². The zero-order valence-electron chi connectivity index (χ0n) is 11.3. The maximum atomic E-state index is 11.7. The lowest BCUT2D eigenvalue weighted by atomic mass is 10.1. The molecule has 1 saturated heterocycles. The van der Waals surface area contributed by atoms with Gasteiger partial charge in [-0.25, -0.2) is 10.2 Å². The summed E-state index contributed by atoms with van der Waals surface area (Å²) in [6, 6.07) is 3.18. The molecule has 5 amide bonds. The van der Waals surface area contributed by atoms with Gasteiger partial charge in [0.1, 0.15) is 0 Å². The molecular formula is C12H13N6O4+. The van der Waals surface area contributed by atoms with Crippen molar-refractivity contribution in [3.63, 3.8) is 0 Å². The van der Waals surface area contributed by atoms with Crippen molar-refractivity contribution >= 4 is 29.5 Å². The van der Waals surface area contributed by atoms with Crippen LogP contribution in [0.4, 0.5) is 4.79 Å². The van der Waals surface area contributed by atoms with Crippen molar-refractivity contribution in [1.82, 2.24) is 16.1 Å². The number of amides is 5. The lowest BCUT2D eigenvalue weighted by molar-refractivity contribution is -0.684. The Bertz CT molecular complexity index is 657. The predicted octanol–water partition coefficient (Wildman–Crippen LogP) is -2.86. The molecule has 0 saturated carbocycles. The highest BCUT2D eigenvalue weighted by Crippen LogP contribution is 1.96. The molecule has 1 aromatic rings. The van der Waals surface area contributed by atoms with Gasteiger partial charge < -0.3 is 11.1 Å². The maximum Gasteiger partial charge on any atom is 0.322 e. The lowest BCUT2D eigenvalue weighted by Gasteiger charge is -2.07. The van der Waals surface area contributed by atoms with Crippen LogP contribution in [0.1, 0.15) is 0 Å². The Kier molecular flexibility index (Phi) is 4.41. The Balaban J connectivity index is 2.05. The van der Waals surface area contributed by atoms with Crippen LogP contribution < -0.4 is 26.4 Å². The number of rotatable bonds is 5. The van der Waals surface area contributed by atoms with Crippen molar-refractivity contribution in [3.05, 3.63) is 30.6 Å². The first-order valence-corrected chi connectivity index (χ1v) is 6.19. The second-order valence-electron chi connectivity index (χ2n) is 4.34. The van der Waals surface area contributed by atoms with Crippen molar-refractivity contribution in [3.8, 4) is 0 Å². The van der Waals surface area contributed by atoms with E-state index in [9.17, 15) is 19.2 Å². The minimum Gasteiger partial charge on any atom is -0.364 e. The van der Waals surface area contributed by atoms with E-state index in [1.54, 1.807) is 35.2 Å². The number of nitrogens with zero attached hydrogens (tertiary/aromatic N) is 2. The van der Waals surface area contributed by atoms with Gasteiger partial charge in [-0.15, -0.1) is 0 Å². The Labute approximate surface area is 124 Å². The van der Waals surface area contributed by atoms with Crippen LogP contribution in [0.25, 0.3) is 0 Å². The van der Waals surface area contributed by atoms with Crippen molar-refractivity contribution in [2.24, 2.45) is 10.8 Å². The van der Waals surface area contributed by atoms with Crippen molar-refractivity contribution in [1.29, 1.82) is 0 Å². The summed E-state index contributed by atoms with van der Waals surface area (Å²) in [5, 5.41) is 7.65. The number of urea groups is 1. The first kappa shape index (κ1) is 15.1. The molecule has 114 valence electrons. The number of hydrazone groups is 1. The van der Waals surface area contributed by atoms with Crippen molar-refractivity contribution in [2.45, 2.75) is 12.6 Å². The van der Waals surface area contributed by atoms with Crippen LogP contribution in [0.3, 0.4) is 0 Å². The predicted molar refractivity (Wildman–Crippen MR) is 71.9 cm³/mol. The van der Waals surface area contributed by atoms with Gasteiger partial charge in [-0.2, -0.15) is 9.67 Å². The molecule has 1 atom stereocenters. The molecule has 1 aliphatic heterocycles. The van der Waals surface area contributed by atoms with E-state index in [-0.39, 0.29) is 6.54 Å². The fourth-order valence-corrected chi connectivity index (χ4v) is 1.73. The normalized spacial score (nSPS) is 17.6. The van der Waals surface area contributed by atoms with Gasteiger partial charge in [-0.05, 0) is 0 Å². The molecule has 0 aliphatic carbocycles. The third-order valence-electron chi connectivity index (χ3n) is 2.70. The molecule has 2 rings (SSSR count). The van der Waals surface area contributed by atoms with E-state index in [1.165, 1.54) is 0 Å². The molecule has 1 aromatic heterocycles. The Morgan fingerprint density at radius 2 is 1.95 bits per heavy atom. The summed E-state index contributed by atoms with van der Waals surface area (Å²) in [5.74, 6) is -2.33. The number of primary amides is 1. The number of carbonyl (C=O) groups is 4. The topological polar surface area (TPSA) is 147 Å². The van der Waals surface area contributed by atoms with Crippen LogP contribution in [-0.2, 0) is 20.9 Å². The largest absolute Gasteiger partial charge is 0.364 e. The van der Waals surface area contributed by atoms with Gasteiger partial charge in [0.15, 0.2) is 24.1 Å². The van der Waals surface area contributed by atoms with Crippen molar-refractivity contribution in [2.75, 3.05) is 0 Å². The Morgan fingerprint density at radius 3 is 2.50 bits per heavy atom. The average molecular weight is 305 g/mol. The van der Waals surface area contributed by atoms with Crippen molar-refractivity contribution < 1.29 is 23.7 Å². The van der Waals surface area contributed by atoms with Crippen LogP contribution in [0.5, 0.6) is 0 Å². The highest BCUT2D eigenvalue weighted by molar-refractivity contribution is 6.45. The van der Waals surface area contributed by atoms with E-state index in [4.69, 9.17) is 5.73 Å². The Hall–Kier alpha value is -3.30. The van der Waals surface area contributed by atoms with Crippen LogP contribution in [0.2, 0.25) is 0 Å². The molecule has 0 radical (unpaired) electrons. The summed E-state index contributed by atoms with van der Waals surface area (Å²) in [7, 11) is 0. The lowest BCUT2D eigenvalue weighted by Crippen LogP contribution is -2.47. The summed E-state index contributed by atoms with van der Waals surface area (Å²) < 4.78 is 1.58. The van der Waals surface area contributed by atoms with E-state index in [1.807, 2.05) is 5.32 Å². The quantitative estimate of drug-likeness (QED) is 0.200. The number of imide groups is 1. The zero-order chi connectivity index (χ0) is 16.1. The number of carbonyl (C=O) groups excluding carboxylic acids is 4. The van der Waals surface area contributed by atoms with Crippen LogP contribution in [-0.4, -0.2) is 35.5 Å². The molecule has 5 N–H and O–H groups in total. The van der Waals surface area contributed by atoms with Gasteiger partial charge in [-0.1, -0.05) is 6.07 Å². The summed E-state index contributed by atoms with van der Waals surface area (Å²) >= 11 is 0. The molecule has 0 aromatic carbocycles. The standard InChI is InChI=1S/C12H12N6O4/c13-10(20)8(9-11(21)15-12(22)14-9)17-16-7(19)6-18-4-2-1-3-5-18/h1-5,9H,6H2,(H4-,13,14,15,16,19,20,21,22)/p+1. The number of nitrogens with one attached hydrogen (secondary N) is 3.